The number of carbonyl (C=O) groups excluding carboxylic acids is 2. The van der Waals surface area contributed by atoms with E-state index < -0.39 is 23.7 Å². The Morgan fingerprint density at radius 2 is 1.55 bits per heavy atom. The topological polar surface area (TPSA) is 69.6 Å². The van der Waals surface area contributed by atoms with Crippen LogP contribution in [0.1, 0.15) is 46.9 Å². The molecule has 0 radical (unpaired) electrons. The number of nitrogens with one attached hydrogen (secondary N) is 1. The minimum absolute atomic E-state index is 0.0216. The molecule has 2 N–H and O–H groups in total. The zero-order chi connectivity index (χ0) is 24.1. The Morgan fingerprint density at radius 3 is 2.12 bits per heavy atom. The summed E-state index contributed by atoms with van der Waals surface area (Å²) < 4.78 is 14.5. The molecule has 6 heteroatoms. The lowest BCUT2D eigenvalue weighted by Crippen LogP contribution is -2.43. The van der Waals surface area contributed by atoms with Crippen molar-refractivity contribution in [3.63, 3.8) is 0 Å². The molecule has 2 amide bonds. The number of phenols is 1. The molecule has 0 bridgehead atoms. The highest BCUT2D eigenvalue weighted by Crippen LogP contribution is 2.29. The first kappa shape index (κ1) is 24.0. The SMILES string of the molecule is Cc1cccc(C)c1NC(=O)[C@@H](c1ccc(O)cc1)N(CC(C)C)C(=O)c1ccccc1F. The van der Waals surface area contributed by atoms with E-state index in [-0.39, 0.29) is 23.8 Å². The number of aromatic hydroxyl groups is 1. The van der Waals surface area contributed by atoms with Gasteiger partial charge >= 0.3 is 0 Å². The lowest BCUT2D eigenvalue weighted by Gasteiger charge is -2.33. The van der Waals surface area contributed by atoms with Gasteiger partial charge in [0.15, 0.2) is 0 Å². The second-order valence-corrected chi connectivity index (χ2v) is 8.58. The Kier molecular flexibility index (Phi) is 7.48. The third-order valence-corrected chi connectivity index (χ3v) is 5.43. The molecule has 1 atom stereocenters. The van der Waals surface area contributed by atoms with Crippen molar-refractivity contribution in [1.29, 1.82) is 0 Å². The number of carbonyl (C=O) groups is 2. The van der Waals surface area contributed by atoms with Crippen LogP contribution in [-0.4, -0.2) is 28.4 Å². The van der Waals surface area contributed by atoms with Crippen molar-refractivity contribution in [3.8, 4) is 5.75 Å². The Labute approximate surface area is 193 Å². The maximum Gasteiger partial charge on any atom is 0.257 e. The number of hydrogen-bond donors (Lipinski definition) is 2. The molecule has 0 aromatic heterocycles. The number of para-hydroxylation sites is 1. The zero-order valence-corrected chi connectivity index (χ0v) is 19.3. The summed E-state index contributed by atoms with van der Waals surface area (Å²) in [7, 11) is 0. The van der Waals surface area contributed by atoms with Crippen LogP contribution in [0.2, 0.25) is 0 Å². The quantitative estimate of drug-likeness (QED) is 0.492. The molecule has 33 heavy (non-hydrogen) atoms. The fourth-order valence-electron chi connectivity index (χ4n) is 3.82. The molecule has 0 unspecified atom stereocenters. The van der Waals surface area contributed by atoms with Gasteiger partial charge in [-0.15, -0.1) is 0 Å². The average molecular weight is 449 g/mol. The lowest BCUT2D eigenvalue weighted by atomic mass is 10.00. The van der Waals surface area contributed by atoms with E-state index in [9.17, 15) is 19.1 Å². The molecule has 0 aliphatic carbocycles. The van der Waals surface area contributed by atoms with Crippen LogP contribution in [-0.2, 0) is 4.79 Å². The Bertz CT molecular complexity index is 1120. The van der Waals surface area contributed by atoms with Gasteiger partial charge in [0.05, 0.1) is 5.56 Å². The number of amides is 2. The zero-order valence-electron chi connectivity index (χ0n) is 19.3. The molecule has 0 fully saturated rings. The summed E-state index contributed by atoms with van der Waals surface area (Å²) in [5, 5.41) is 12.7. The largest absolute Gasteiger partial charge is 0.508 e. The Balaban J connectivity index is 2.10. The molecular weight excluding hydrogens is 419 g/mol. The number of halogens is 1. The molecule has 3 aromatic carbocycles. The first-order chi connectivity index (χ1) is 15.7. The van der Waals surface area contributed by atoms with E-state index in [0.717, 1.165) is 11.1 Å². The van der Waals surface area contributed by atoms with E-state index in [4.69, 9.17) is 0 Å². The minimum Gasteiger partial charge on any atom is -0.508 e. The fraction of sp³-hybridized carbons (Fsp3) is 0.259. The summed E-state index contributed by atoms with van der Waals surface area (Å²) in [6.45, 7) is 7.89. The summed E-state index contributed by atoms with van der Waals surface area (Å²) in [5.41, 5.74) is 2.88. The van der Waals surface area contributed by atoms with Gasteiger partial charge in [-0.05, 0) is 60.7 Å². The van der Waals surface area contributed by atoms with E-state index in [2.05, 4.69) is 5.32 Å². The second-order valence-electron chi connectivity index (χ2n) is 8.58. The van der Waals surface area contributed by atoms with Crippen LogP contribution in [0.25, 0.3) is 0 Å². The Hall–Kier alpha value is -3.67. The predicted octanol–water partition coefficient (Wildman–Crippen LogP) is 5.63. The highest BCUT2D eigenvalue weighted by Gasteiger charge is 2.34. The van der Waals surface area contributed by atoms with E-state index >= 15 is 0 Å². The minimum atomic E-state index is -1.03. The number of phenolic OH excluding ortho intramolecular Hbond substituents is 1. The smallest absolute Gasteiger partial charge is 0.257 e. The molecule has 0 saturated heterocycles. The van der Waals surface area contributed by atoms with Crippen molar-refractivity contribution in [2.45, 2.75) is 33.7 Å². The van der Waals surface area contributed by atoms with Crippen LogP contribution in [0, 0.1) is 25.6 Å². The molecule has 5 nitrogen and oxygen atoms in total. The van der Waals surface area contributed by atoms with E-state index in [0.29, 0.717) is 11.3 Å². The molecule has 3 aromatic rings. The summed E-state index contributed by atoms with van der Waals surface area (Å²) >= 11 is 0. The number of aryl methyl sites for hydroxylation is 2. The maximum absolute atomic E-state index is 14.5. The van der Waals surface area contributed by atoms with E-state index in [1.807, 2.05) is 45.9 Å². The number of anilines is 1. The Morgan fingerprint density at radius 1 is 0.939 bits per heavy atom. The van der Waals surface area contributed by atoms with Gasteiger partial charge in [-0.25, -0.2) is 4.39 Å². The highest BCUT2D eigenvalue weighted by molar-refractivity contribution is 6.02. The van der Waals surface area contributed by atoms with Crippen molar-refractivity contribution >= 4 is 17.5 Å². The van der Waals surface area contributed by atoms with Crippen LogP contribution in [0.3, 0.4) is 0 Å². The standard InChI is InChI=1S/C27H29FN2O3/c1-17(2)16-30(27(33)22-10-5-6-11-23(22)28)25(20-12-14-21(31)15-13-20)26(32)29-24-18(3)8-7-9-19(24)4/h5-15,17,25,31H,16H2,1-4H3,(H,29,32)/t25-/m1/s1. The van der Waals surface area contributed by atoms with Gasteiger partial charge in [0, 0.05) is 12.2 Å². The molecule has 3 rings (SSSR count). The van der Waals surface area contributed by atoms with Gasteiger partial charge in [-0.3, -0.25) is 9.59 Å². The van der Waals surface area contributed by atoms with Crippen molar-refractivity contribution in [2.24, 2.45) is 5.92 Å². The molecule has 0 aliphatic rings. The van der Waals surface area contributed by atoms with Crippen molar-refractivity contribution in [1.82, 2.24) is 4.90 Å². The maximum atomic E-state index is 14.5. The van der Waals surface area contributed by atoms with Gasteiger partial charge in [0.2, 0.25) is 0 Å². The number of nitrogens with zero attached hydrogens (tertiary/aromatic N) is 1. The molecule has 172 valence electrons. The molecule has 0 saturated carbocycles. The molecule has 0 spiro atoms. The average Bonchev–Trinajstić information content (AvgIpc) is 2.77. The summed E-state index contributed by atoms with van der Waals surface area (Å²) in [5.74, 6) is -1.56. The predicted molar refractivity (Wildman–Crippen MR) is 128 cm³/mol. The number of hydrogen-bond acceptors (Lipinski definition) is 3. The monoisotopic (exact) mass is 448 g/mol. The van der Waals surface area contributed by atoms with Crippen molar-refractivity contribution in [3.05, 3.63) is 94.8 Å². The summed E-state index contributed by atoms with van der Waals surface area (Å²) in [6.07, 6.45) is 0. The van der Waals surface area contributed by atoms with E-state index in [1.165, 1.54) is 35.2 Å². The second kappa shape index (κ2) is 10.3. The van der Waals surface area contributed by atoms with Gasteiger partial charge in [-0.2, -0.15) is 0 Å². The molecule has 0 aliphatic heterocycles. The summed E-state index contributed by atoms with van der Waals surface area (Å²) in [4.78, 5) is 28.6. The molecule has 0 heterocycles. The van der Waals surface area contributed by atoms with Crippen molar-refractivity contribution < 1.29 is 19.1 Å². The normalized spacial score (nSPS) is 11.8. The highest BCUT2D eigenvalue weighted by atomic mass is 19.1. The third kappa shape index (κ3) is 5.58. The molecular formula is C27H29FN2O3. The number of rotatable bonds is 7. The van der Waals surface area contributed by atoms with Gasteiger partial charge < -0.3 is 15.3 Å². The van der Waals surface area contributed by atoms with Crippen LogP contribution in [0.15, 0.2) is 66.7 Å². The van der Waals surface area contributed by atoms with Crippen LogP contribution >= 0.6 is 0 Å². The van der Waals surface area contributed by atoms with Gasteiger partial charge in [0.1, 0.15) is 17.6 Å². The van der Waals surface area contributed by atoms with E-state index in [1.54, 1.807) is 18.2 Å². The van der Waals surface area contributed by atoms with Crippen LogP contribution in [0.5, 0.6) is 5.75 Å². The fourth-order valence-corrected chi connectivity index (χ4v) is 3.82. The lowest BCUT2D eigenvalue weighted by molar-refractivity contribution is -0.121. The van der Waals surface area contributed by atoms with Gasteiger partial charge in [0.25, 0.3) is 11.8 Å². The first-order valence-corrected chi connectivity index (χ1v) is 10.9. The number of benzene rings is 3. The van der Waals surface area contributed by atoms with Gasteiger partial charge in [-0.1, -0.05) is 56.3 Å². The first-order valence-electron chi connectivity index (χ1n) is 10.9. The van der Waals surface area contributed by atoms with Crippen LogP contribution in [0.4, 0.5) is 10.1 Å². The van der Waals surface area contributed by atoms with Crippen molar-refractivity contribution in [2.75, 3.05) is 11.9 Å². The van der Waals surface area contributed by atoms with Crippen LogP contribution < -0.4 is 5.32 Å². The third-order valence-electron chi connectivity index (χ3n) is 5.43. The summed E-state index contributed by atoms with van der Waals surface area (Å²) in [6, 6.07) is 16.6.